The summed E-state index contributed by atoms with van der Waals surface area (Å²) in [5, 5.41) is 7.75. The summed E-state index contributed by atoms with van der Waals surface area (Å²) in [5.74, 6) is 0.133. The summed E-state index contributed by atoms with van der Waals surface area (Å²) in [7, 11) is 1.33. The van der Waals surface area contributed by atoms with Crippen molar-refractivity contribution < 1.29 is 9.53 Å². The summed E-state index contributed by atoms with van der Waals surface area (Å²) >= 11 is 0. The van der Waals surface area contributed by atoms with Gasteiger partial charge in [0.1, 0.15) is 0 Å². The van der Waals surface area contributed by atoms with Gasteiger partial charge >= 0.3 is 5.97 Å². The second-order valence-electron chi connectivity index (χ2n) is 3.11. The molecule has 13 heavy (non-hydrogen) atoms. The maximum atomic E-state index is 11.0. The molecule has 2 rings (SSSR count). The molecule has 4 nitrogen and oxygen atoms in total. The molecule has 1 aliphatic carbocycles. The van der Waals surface area contributed by atoms with Gasteiger partial charge in [-0.3, -0.25) is 0 Å². The second-order valence-corrected chi connectivity index (χ2v) is 3.11. The first-order valence-corrected chi connectivity index (χ1v) is 4.23. The topological polar surface area (TPSA) is 52.1 Å². The minimum atomic E-state index is -0.435. The van der Waals surface area contributed by atoms with Crippen molar-refractivity contribution in [2.24, 2.45) is 0 Å². The highest BCUT2D eigenvalue weighted by atomic mass is 16.5. The number of nitrogens with zero attached hydrogens (tertiary/aromatic N) is 2. The zero-order chi connectivity index (χ0) is 9.26. The highest BCUT2D eigenvalue weighted by Crippen LogP contribution is 2.38. The predicted octanol–water partition coefficient (Wildman–Crippen LogP) is 1.14. The van der Waals surface area contributed by atoms with Gasteiger partial charge in [0.15, 0.2) is 5.69 Å². The van der Waals surface area contributed by atoms with Crippen LogP contribution in [0.5, 0.6) is 0 Å². The normalized spacial score (nSPS) is 15.5. The fraction of sp³-hybridized carbons (Fsp3) is 0.444. The van der Waals surface area contributed by atoms with Crippen molar-refractivity contribution in [1.29, 1.82) is 0 Å². The number of esters is 1. The third-order valence-corrected chi connectivity index (χ3v) is 2.08. The number of aromatic nitrogens is 2. The van der Waals surface area contributed by atoms with E-state index in [2.05, 4.69) is 14.9 Å². The van der Waals surface area contributed by atoms with Crippen LogP contribution in [0.25, 0.3) is 0 Å². The maximum Gasteiger partial charge on any atom is 0.358 e. The molecular formula is C9H10N2O2. The molecule has 0 amide bonds. The lowest BCUT2D eigenvalue weighted by Crippen LogP contribution is -2.06. The van der Waals surface area contributed by atoms with Crippen LogP contribution in [0.4, 0.5) is 0 Å². The zero-order valence-corrected chi connectivity index (χ0v) is 7.36. The van der Waals surface area contributed by atoms with E-state index in [0.717, 1.165) is 5.69 Å². The molecule has 68 valence electrons. The molecular weight excluding hydrogens is 168 g/mol. The van der Waals surface area contributed by atoms with E-state index >= 15 is 0 Å². The summed E-state index contributed by atoms with van der Waals surface area (Å²) in [6.45, 7) is 0. The van der Waals surface area contributed by atoms with Gasteiger partial charge in [-0.1, -0.05) is 0 Å². The number of hydrogen-bond donors (Lipinski definition) is 0. The Hall–Kier alpha value is -1.45. The van der Waals surface area contributed by atoms with Crippen LogP contribution < -0.4 is 0 Å². The van der Waals surface area contributed by atoms with Crippen molar-refractivity contribution in [1.82, 2.24) is 10.2 Å². The van der Waals surface area contributed by atoms with Gasteiger partial charge in [0.05, 0.1) is 12.8 Å². The number of hydrogen-bond acceptors (Lipinski definition) is 4. The molecule has 1 fully saturated rings. The Balaban J connectivity index is 2.17. The highest BCUT2D eigenvalue weighted by molar-refractivity contribution is 5.86. The van der Waals surface area contributed by atoms with Crippen LogP contribution in [0, 0.1) is 0 Å². The molecule has 0 N–H and O–H groups in total. The van der Waals surface area contributed by atoms with Gasteiger partial charge in [-0.2, -0.15) is 5.10 Å². The van der Waals surface area contributed by atoms with Crippen LogP contribution in [0.1, 0.15) is 34.9 Å². The summed E-state index contributed by atoms with van der Waals surface area (Å²) in [6.07, 6.45) is 2.37. The van der Waals surface area contributed by atoms with E-state index in [1.54, 1.807) is 6.07 Å². The fourth-order valence-electron chi connectivity index (χ4n) is 1.15. The standard InChI is InChI=1S/C9H10N2O2/c1-13-9(12)8-5-4-7(10-11-8)6-2-3-6/h4-6H,2-3H2,1H3. The van der Waals surface area contributed by atoms with E-state index in [9.17, 15) is 4.79 Å². The SMILES string of the molecule is COC(=O)c1ccc(C2CC2)nn1. The van der Waals surface area contributed by atoms with E-state index in [4.69, 9.17) is 0 Å². The summed E-state index contributed by atoms with van der Waals surface area (Å²) in [5.41, 5.74) is 1.25. The van der Waals surface area contributed by atoms with Gasteiger partial charge in [-0.15, -0.1) is 5.10 Å². The molecule has 0 saturated heterocycles. The Morgan fingerprint density at radius 3 is 2.69 bits per heavy atom. The van der Waals surface area contributed by atoms with Gasteiger partial charge in [0.25, 0.3) is 0 Å². The molecule has 1 aromatic heterocycles. The number of carbonyl (C=O) groups excluding carboxylic acids is 1. The molecule has 0 atom stereocenters. The monoisotopic (exact) mass is 178 g/mol. The van der Waals surface area contributed by atoms with Crippen molar-refractivity contribution in [2.45, 2.75) is 18.8 Å². The number of rotatable bonds is 2. The van der Waals surface area contributed by atoms with Crippen molar-refractivity contribution >= 4 is 5.97 Å². The highest BCUT2D eigenvalue weighted by Gasteiger charge is 2.25. The molecule has 0 spiro atoms. The zero-order valence-electron chi connectivity index (χ0n) is 7.36. The van der Waals surface area contributed by atoms with Gasteiger partial charge in [-0.05, 0) is 25.0 Å². The van der Waals surface area contributed by atoms with Crippen LogP contribution >= 0.6 is 0 Å². The second kappa shape index (κ2) is 3.12. The Kier molecular flexibility index (Phi) is 1.96. The smallest absolute Gasteiger partial charge is 0.358 e. The van der Waals surface area contributed by atoms with Crippen molar-refractivity contribution in [2.75, 3.05) is 7.11 Å². The predicted molar refractivity (Wildman–Crippen MR) is 45.3 cm³/mol. The maximum absolute atomic E-state index is 11.0. The largest absolute Gasteiger partial charge is 0.464 e. The van der Waals surface area contributed by atoms with Crippen molar-refractivity contribution in [3.8, 4) is 0 Å². The quantitative estimate of drug-likeness (QED) is 0.637. The molecule has 1 heterocycles. The molecule has 1 aromatic rings. The van der Waals surface area contributed by atoms with Crippen LogP contribution in [0.3, 0.4) is 0 Å². The molecule has 0 unspecified atom stereocenters. The summed E-state index contributed by atoms with van der Waals surface area (Å²) in [4.78, 5) is 11.0. The molecule has 1 saturated carbocycles. The first-order valence-electron chi connectivity index (χ1n) is 4.23. The van der Waals surface area contributed by atoms with Gasteiger partial charge in [0.2, 0.25) is 0 Å². The van der Waals surface area contributed by atoms with Crippen LogP contribution in [0.15, 0.2) is 12.1 Å². The van der Waals surface area contributed by atoms with E-state index < -0.39 is 5.97 Å². The van der Waals surface area contributed by atoms with E-state index in [-0.39, 0.29) is 5.69 Å². The first-order chi connectivity index (χ1) is 6.31. The third-order valence-electron chi connectivity index (χ3n) is 2.08. The Labute approximate surface area is 75.9 Å². The average molecular weight is 178 g/mol. The minimum Gasteiger partial charge on any atom is -0.464 e. The van der Waals surface area contributed by atoms with Crippen molar-refractivity contribution in [3.05, 3.63) is 23.5 Å². The van der Waals surface area contributed by atoms with Gasteiger partial charge in [-0.25, -0.2) is 4.79 Å². The Morgan fingerprint density at radius 2 is 2.23 bits per heavy atom. The summed E-state index contributed by atoms with van der Waals surface area (Å²) in [6, 6.07) is 3.50. The first kappa shape index (κ1) is 8.16. The Morgan fingerprint density at radius 1 is 1.46 bits per heavy atom. The fourth-order valence-corrected chi connectivity index (χ4v) is 1.15. The number of carbonyl (C=O) groups is 1. The molecule has 0 aromatic carbocycles. The number of ether oxygens (including phenoxy) is 1. The lowest BCUT2D eigenvalue weighted by Gasteiger charge is -1.98. The van der Waals surface area contributed by atoms with Crippen LogP contribution in [-0.2, 0) is 4.74 Å². The van der Waals surface area contributed by atoms with E-state index in [1.807, 2.05) is 6.07 Å². The number of methoxy groups -OCH3 is 1. The minimum absolute atomic E-state index is 0.270. The van der Waals surface area contributed by atoms with Crippen LogP contribution in [-0.4, -0.2) is 23.3 Å². The summed E-state index contributed by atoms with van der Waals surface area (Å²) < 4.78 is 4.51. The Bertz CT molecular complexity index is 317. The third kappa shape index (κ3) is 1.66. The lowest BCUT2D eigenvalue weighted by molar-refractivity contribution is 0.0592. The van der Waals surface area contributed by atoms with Gasteiger partial charge < -0.3 is 4.74 Å². The molecule has 4 heteroatoms. The molecule has 1 aliphatic rings. The van der Waals surface area contributed by atoms with E-state index in [1.165, 1.54) is 20.0 Å². The van der Waals surface area contributed by atoms with E-state index in [0.29, 0.717) is 5.92 Å². The van der Waals surface area contributed by atoms with Crippen molar-refractivity contribution in [3.63, 3.8) is 0 Å². The van der Waals surface area contributed by atoms with Gasteiger partial charge in [0, 0.05) is 5.92 Å². The lowest BCUT2D eigenvalue weighted by atomic mass is 10.2. The van der Waals surface area contributed by atoms with Crippen LogP contribution in [0.2, 0.25) is 0 Å². The molecule has 0 bridgehead atoms. The average Bonchev–Trinajstić information content (AvgIpc) is 3.00. The molecule has 0 radical (unpaired) electrons. The molecule has 0 aliphatic heterocycles.